The van der Waals surface area contributed by atoms with Crippen molar-refractivity contribution in [3.05, 3.63) is 23.8 Å². The maximum Gasteiger partial charge on any atom is 0.193 e. The van der Waals surface area contributed by atoms with Gasteiger partial charge in [0.2, 0.25) is 0 Å². The fourth-order valence-electron chi connectivity index (χ4n) is 2.66. The van der Waals surface area contributed by atoms with E-state index in [1.165, 1.54) is 0 Å². The van der Waals surface area contributed by atoms with Crippen LogP contribution in [-0.4, -0.2) is 62.1 Å². The maximum atomic E-state index is 12.1. The molecule has 142 valence electrons. The van der Waals surface area contributed by atoms with Crippen molar-refractivity contribution in [3.63, 3.8) is 0 Å². The quantitative estimate of drug-likeness (QED) is 0.386. The predicted octanol–water partition coefficient (Wildman–Crippen LogP) is 1.60. The average Bonchev–Trinajstić information content (AvgIpc) is 2.53. The molecule has 7 nitrogen and oxygen atoms in total. The van der Waals surface area contributed by atoms with E-state index in [-0.39, 0.29) is 35.5 Å². The molecule has 1 saturated heterocycles. The Kier molecular flexibility index (Phi) is 7.36. The average molecular weight is 483 g/mol. The molecule has 0 saturated carbocycles. The predicted molar refractivity (Wildman–Crippen MR) is 110 cm³/mol. The van der Waals surface area contributed by atoms with Gasteiger partial charge in [0.25, 0.3) is 0 Å². The Morgan fingerprint density at radius 1 is 1.44 bits per heavy atom. The number of benzene rings is 1. The van der Waals surface area contributed by atoms with Gasteiger partial charge in [-0.1, -0.05) is 0 Å². The summed E-state index contributed by atoms with van der Waals surface area (Å²) in [6.45, 7) is 4.60. The van der Waals surface area contributed by atoms with Crippen molar-refractivity contribution in [2.45, 2.75) is 25.1 Å². The van der Waals surface area contributed by atoms with E-state index < -0.39 is 14.6 Å². The van der Waals surface area contributed by atoms with Gasteiger partial charge in [-0.15, -0.1) is 24.0 Å². The third-order valence-corrected chi connectivity index (χ3v) is 6.81. The zero-order chi connectivity index (χ0) is 18.0. The first-order chi connectivity index (χ1) is 11.2. The zero-order valence-corrected chi connectivity index (χ0v) is 18.1. The molecule has 0 aromatic heterocycles. The van der Waals surface area contributed by atoms with Crippen molar-refractivity contribution in [2.24, 2.45) is 4.99 Å². The lowest BCUT2D eigenvalue weighted by Gasteiger charge is -2.39. The first kappa shape index (κ1) is 21.8. The summed E-state index contributed by atoms with van der Waals surface area (Å²) in [4.78, 5) is 6.16. The summed E-state index contributed by atoms with van der Waals surface area (Å²) in [5.74, 6) is 1.54. The third kappa shape index (κ3) is 4.90. The van der Waals surface area contributed by atoms with Crippen LogP contribution in [0.25, 0.3) is 0 Å². The van der Waals surface area contributed by atoms with Gasteiger partial charge >= 0.3 is 0 Å². The van der Waals surface area contributed by atoms with Crippen molar-refractivity contribution < 1.29 is 18.3 Å². The number of phenolic OH excluding ortho intramolecular Hbond substituents is 1. The SMILES string of the molecule is CN=C(NCc1cc(OC)ccc1O)N1CCS(=O)(=O)C(C)(C)C1.I. The van der Waals surface area contributed by atoms with E-state index in [1.807, 2.05) is 4.90 Å². The minimum Gasteiger partial charge on any atom is -0.508 e. The van der Waals surface area contributed by atoms with Crippen molar-refractivity contribution >= 4 is 39.8 Å². The number of ether oxygens (including phenoxy) is 1. The van der Waals surface area contributed by atoms with Crippen LogP contribution < -0.4 is 10.1 Å². The van der Waals surface area contributed by atoms with E-state index in [1.54, 1.807) is 46.2 Å². The van der Waals surface area contributed by atoms with E-state index in [0.717, 1.165) is 0 Å². The standard InChI is InChI=1S/C16H25N3O4S.HI/c1-16(2)11-19(7-8-24(16,21)22)15(17-3)18-10-12-9-13(23-4)5-6-14(12)20;/h5-6,9,20H,7-8,10-11H2,1-4H3,(H,17,18);1H. The molecule has 2 rings (SSSR count). The molecule has 1 aromatic rings. The molecule has 1 aliphatic heterocycles. The second kappa shape index (κ2) is 8.43. The Morgan fingerprint density at radius 3 is 2.68 bits per heavy atom. The van der Waals surface area contributed by atoms with E-state index in [0.29, 0.717) is 36.9 Å². The molecule has 1 fully saturated rings. The normalized spacial score (nSPS) is 19.0. The Labute approximate surface area is 166 Å². The van der Waals surface area contributed by atoms with Crippen LogP contribution in [0.1, 0.15) is 19.4 Å². The lowest BCUT2D eigenvalue weighted by Crippen LogP contribution is -2.57. The molecule has 0 unspecified atom stereocenters. The zero-order valence-electron chi connectivity index (χ0n) is 14.9. The summed E-state index contributed by atoms with van der Waals surface area (Å²) in [5, 5.41) is 13.1. The molecule has 9 heteroatoms. The lowest BCUT2D eigenvalue weighted by atomic mass is 10.2. The van der Waals surface area contributed by atoms with E-state index >= 15 is 0 Å². The number of nitrogens with zero attached hydrogens (tertiary/aromatic N) is 2. The van der Waals surface area contributed by atoms with Gasteiger partial charge in [-0.3, -0.25) is 4.99 Å². The highest BCUT2D eigenvalue weighted by Gasteiger charge is 2.40. The second-order valence-corrected chi connectivity index (χ2v) is 9.14. The van der Waals surface area contributed by atoms with Gasteiger partial charge in [0.1, 0.15) is 11.5 Å². The number of rotatable bonds is 3. The first-order valence-corrected chi connectivity index (χ1v) is 9.39. The molecule has 0 radical (unpaired) electrons. The van der Waals surface area contributed by atoms with Gasteiger partial charge in [-0.05, 0) is 32.0 Å². The first-order valence-electron chi connectivity index (χ1n) is 7.74. The Bertz CT molecular complexity index is 735. The molecule has 0 aliphatic carbocycles. The van der Waals surface area contributed by atoms with Crippen molar-refractivity contribution in [2.75, 3.05) is 33.0 Å². The number of methoxy groups -OCH3 is 1. The molecular formula is C16H26IN3O4S. The lowest BCUT2D eigenvalue weighted by molar-refractivity contribution is 0.353. The molecule has 0 amide bonds. The van der Waals surface area contributed by atoms with Crippen LogP contribution >= 0.6 is 24.0 Å². The van der Waals surface area contributed by atoms with Gasteiger partial charge in [0.05, 0.1) is 17.6 Å². The molecule has 0 spiro atoms. The minimum absolute atomic E-state index is 0. The highest BCUT2D eigenvalue weighted by molar-refractivity contribution is 14.0. The Morgan fingerprint density at radius 2 is 2.12 bits per heavy atom. The van der Waals surface area contributed by atoms with E-state index in [2.05, 4.69) is 10.3 Å². The number of guanidine groups is 1. The molecule has 1 heterocycles. The van der Waals surface area contributed by atoms with Gasteiger partial charge in [0.15, 0.2) is 15.8 Å². The monoisotopic (exact) mass is 483 g/mol. The smallest absolute Gasteiger partial charge is 0.193 e. The van der Waals surface area contributed by atoms with Crippen LogP contribution in [0.3, 0.4) is 0 Å². The van der Waals surface area contributed by atoms with Gasteiger partial charge in [0, 0.05) is 32.2 Å². The number of aromatic hydroxyl groups is 1. The molecule has 1 aromatic carbocycles. The number of hydrogen-bond donors (Lipinski definition) is 2. The summed E-state index contributed by atoms with van der Waals surface area (Å²) in [7, 11) is 0.125. The maximum absolute atomic E-state index is 12.1. The van der Waals surface area contributed by atoms with Crippen molar-refractivity contribution in [1.82, 2.24) is 10.2 Å². The number of nitrogens with one attached hydrogen (secondary N) is 1. The molecule has 1 aliphatic rings. The Hall–Kier alpha value is -1.23. The fourth-order valence-corrected chi connectivity index (χ4v) is 4.03. The largest absolute Gasteiger partial charge is 0.508 e. The van der Waals surface area contributed by atoms with E-state index in [9.17, 15) is 13.5 Å². The summed E-state index contributed by atoms with van der Waals surface area (Å²) in [6, 6.07) is 5.01. The van der Waals surface area contributed by atoms with Crippen LogP contribution in [0.4, 0.5) is 0 Å². The summed E-state index contributed by atoms with van der Waals surface area (Å²) < 4.78 is 28.6. The molecule has 0 bridgehead atoms. The van der Waals surface area contributed by atoms with E-state index in [4.69, 9.17) is 4.74 Å². The molecule has 0 atom stereocenters. The van der Waals surface area contributed by atoms with Crippen LogP contribution in [0.15, 0.2) is 23.2 Å². The van der Waals surface area contributed by atoms with Crippen LogP contribution in [-0.2, 0) is 16.4 Å². The molecular weight excluding hydrogens is 457 g/mol. The number of aliphatic imine (C=N–C) groups is 1. The number of hydrogen-bond acceptors (Lipinski definition) is 5. The number of phenols is 1. The van der Waals surface area contributed by atoms with Crippen LogP contribution in [0.5, 0.6) is 11.5 Å². The number of sulfone groups is 1. The van der Waals surface area contributed by atoms with Crippen molar-refractivity contribution in [3.8, 4) is 11.5 Å². The number of halogens is 1. The Balaban J connectivity index is 0.00000312. The molecule has 25 heavy (non-hydrogen) atoms. The highest BCUT2D eigenvalue weighted by atomic mass is 127. The molecule has 2 N–H and O–H groups in total. The third-order valence-electron chi connectivity index (χ3n) is 4.28. The van der Waals surface area contributed by atoms with Crippen LogP contribution in [0.2, 0.25) is 0 Å². The second-order valence-electron chi connectivity index (χ2n) is 6.40. The van der Waals surface area contributed by atoms with Gasteiger partial charge in [-0.25, -0.2) is 8.42 Å². The topological polar surface area (TPSA) is 91.2 Å². The summed E-state index contributed by atoms with van der Waals surface area (Å²) in [5.41, 5.74) is 0.680. The summed E-state index contributed by atoms with van der Waals surface area (Å²) in [6.07, 6.45) is 0. The van der Waals surface area contributed by atoms with Gasteiger partial charge in [-0.2, -0.15) is 0 Å². The summed E-state index contributed by atoms with van der Waals surface area (Å²) >= 11 is 0. The van der Waals surface area contributed by atoms with Crippen molar-refractivity contribution in [1.29, 1.82) is 0 Å². The van der Waals surface area contributed by atoms with Gasteiger partial charge < -0.3 is 20.1 Å². The highest BCUT2D eigenvalue weighted by Crippen LogP contribution is 2.25. The minimum atomic E-state index is -3.10. The van der Waals surface area contributed by atoms with Crippen LogP contribution in [0, 0.1) is 0 Å². The fraction of sp³-hybridized carbons (Fsp3) is 0.562.